The van der Waals surface area contributed by atoms with Crippen LogP contribution in [0.3, 0.4) is 0 Å². The molecule has 0 aliphatic heterocycles. The lowest BCUT2D eigenvalue weighted by atomic mass is 10.1. The van der Waals surface area contributed by atoms with Crippen molar-refractivity contribution in [2.75, 3.05) is 17.1 Å². The van der Waals surface area contributed by atoms with Crippen LogP contribution in [0.4, 0.5) is 14.5 Å². The van der Waals surface area contributed by atoms with Crippen molar-refractivity contribution in [3.8, 4) is 0 Å². The summed E-state index contributed by atoms with van der Waals surface area (Å²) in [4.78, 5) is 27.3. The Hall–Kier alpha value is -3.01. The topological polar surface area (TPSA) is 86.8 Å². The van der Waals surface area contributed by atoms with Gasteiger partial charge >= 0.3 is 0 Å². The first kappa shape index (κ1) is 26.2. The maximum Gasteiger partial charge on any atom is 0.244 e. The van der Waals surface area contributed by atoms with Crippen molar-refractivity contribution in [1.82, 2.24) is 10.2 Å². The van der Waals surface area contributed by atoms with Gasteiger partial charge in [0, 0.05) is 12.1 Å². The van der Waals surface area contributed by atoms with Gasteiger partial charge in [0.25, 0.3) is 0 Å². The van der Waals surface area contributed by atoms with Gasteiger partial charge in [0.05, 0.1) is 11.9 Å². The molecule has 0 unspecified atom stereocenters. The summed E-state index contributed by atoms with van der Waals surface area (Å²) in [6.07, 6.45) is 0.934. The van der Waals surface area contributed by atoms with Crippen LogP contribution in [0.1, 0.15) is 33.3 Å². The second kappa shape index (κ2) is 10.3. The van der Waals surface area contributed by atoms with E-state index in [0.717, 1.165) is 22.7 Å². The molecule has 0 aliphatic carbocycles. The van der Waals surface area contributed by atoms with E-state index >= 15 is 0 Å². The maximum atomic E-state index is 13.3. The van der Waals surface area contributed by atoms with E-state index < -0.39 is 51.6 Å². The van der Waals surface area contributed by atoms with Gasteiger partial charge in [-0.05, 0) is 69.7 Å². The lowest BCUT2D eigenvalue weighted by molar-refractivity contribution is -0.140. The van der Waals surface area contributed by atoms with Crippen molar-refractivity contribution in [3.63, 3.8) is 0 Å². The highest BCUT2D eigenvalue weighted by Crippen LogP contribution is 2.20. The van der Waals surface area contributed by atoms with Crippen LogP contribution in [-0.2, 0) is 26.2 Å². The average Bonchev–Trinajstić information content (AvgIpc) is 2.69. The zero-order chi connectivity index (χ0) is 25.0. The number of hydrogen-bond donors (Lipinski definition) is 1. The zero-order valence-electron chi connectivity index (χ0n) is 19.3. The summed E-state index contributed by atoms with van der Waals surface area (Å²) >= 11 is 0. The lowest BCUT2D eigenvalue weighted by Gasteiger charge is -2.33. The third-order valence-electron chi connectivity index (χ3n) is 4.73. The highest BCUT2D eigenvalue weighted by atomic mass is 32.2. The minimum atomic E-state index is -3.90. The summed E-state index contributed by atoms with van der Waals surface area (Å²) in [5, 5.41) is 2.80. The Morgan fingerprint density at radius 1 is 0.970 bits per heavy atom. The summed E-state index contributed by atoms with van der Waals surface area (Å²) in [5.41, 5.74) is 0.122. The van der Waals surface area contributed by atoms with E-state index in [9.17, 15) is 26.8 Å². The van der Waals surface area contributed by atoms with E-state index in [1.165, 1.54) is 48.2 Å². The fraction of sp³-hybridized carbons (Fsp3) is 0.391. The minimum absolute atomic E-state index is 0.0428. The van der Waals surface area contributed by atoms with Crippen LogP contribution in [0, 0.1) is 11.6 Å². The maximum absolute atomic E-state index is 13.3. The Morgan fingerprint density at radius 3 is 1.91 bits per heavy atom. The molecule has 7 nitrogen and oxygen atoms in total. The average molecular weight is 482 g/mol. The molecule has 2 aromatic carbocycles. The number of halogens is 2. The van der Waals surface area contributed by atoms with Crippen molar-refractivity contribution in [3.05, 3.63) is 65.7 Å². The molecule has 0 aliphatic rings. The number of nitrogens with zero attached hydrogens (tertiary/aromatic N) is 2. The van der Waals surface area contributed by atoms with E-state index in [2.05, 4.69) is 5.32 Å². The quantitative estimate of drug-likeness (QED) is 0.628. The summed E-state index contributed by atoms with van der Waals surface area (Å²) in [6, 6.07) is 9.18. The molecular formula is C23H29F2N3O4S. The fourth-order valence-electron chi connectivity index (χ4n) is 3.06. The van der Waals surface area contributed by atoms with Crippen molar-refractivity contribution in [2.24, 2.45) is 0 Å². The molecule has 2 rings (SSSR count). The number of benzene rings is 2. The Kier molecular flexibility index (Phi) is 8.18. The van der Waals surface area contributed by atoms with Crippen LogP contribution in [-0.4, -0.2) is 49.5 Å². The Labute approximate surface area is 193 Å². The number of amides is 2. The van der Waals surface area contributed by atoms with E-state index in [1.54, 1.807) is 20.8 Å². The van der Waals surface area contributed by atoms with Crippen molar-refractivity contribution < 1.29 is 26.8 Å². The van der Waals surface area contributed by atoms with Gasteiger partial charge < -0.3 is 10.2 Å². The predicted octanol–water partition coefficient (Wildman–Crippen LogP) is 3.06. The molecule has 0 bridgehead atoms. The van der Waals surface area contributed by atoms with E-state index in [4.69, 9.17) is 0 Å². The number of carbonyl (C=O) groups excluding carboxylic acids is 2. The molecule has 0 radical (unpaired) electrons. The third kappa shape index (κ3) is 7.81. The highest BCUT2D eigenvalue weighted by Gasteiger charge is 2.31. The molecule has 0 heterocycles. The molecule has 10 heteroatoms. The van der Waals surface area contributed by atoms with Gasteiger partial charge in [0.1, 0.15) is 24.2 Å². The zero-order valence-corrected chi connectivity index (χ0v) is 20.1. The Balaban J connectivity index is 2.38. The van der Waals surface area contributed by atoms with Crippen molar-refractivity contribution in [2.45, 2.75) is 45.8 Å². The first-order chi connectivity index (χ1) is 15.2. The molecular weight excluding hydrogens is 452 g/mol. The van der Waals surface area contributed by atoms with Crippen LogP contribution in [0.5, 0.6) is 0 Å². The number of rotatable bonds is 8. The third-order valence-corrected chi connectivity index (χ3v) is 5.87. The smallest absolute Gasteiger partial charge is 0.244 e. The summed E-state index contributed by atoms with van der Waals surface area (Å²) in [5.74, 6) is -2.07. The summed E-state index contributed by atoms with van der Waals surface area (Å²) in [7, 11) is -3.90. The SMILES string of the molecule is C[C@H](C(=O)NC(C)(C)C)N(Cc1ccc(F)cc1)C(=O)CN(c1ccc(F)cc1)S(C)(=O)=O. The molecule has 1 N–H and O–H groups in total. The standard InChI is InChI=1S/C23H29F2N3O4S/c1-16(22(30)26-23(2,3)4)27(14-17-6-8-18(24)9-7-17)21(29)15-28(33(5,31)32)20-12-10-19(25)11-13-20/h6-13,16H,14-15H2,1-5H3,(H,26,30)/t16-/m1/s1. The number of carbonyl (C=O) groups is 2. The highest BCUT2D eigenvalue weighted by molar-refractivity contribution is 7.92. The van der Waals surface area contributed by atoms with Gasteiger partial charge in [-0.15, -0.1) is 0 Å². The first-order valence-corrected chi connectivity index (χ1v) is 12.1. The fourth-order valence-corrected chi connectivity index (χ4v) is 3.91. The van der Waals surface area contributed by atoms with Crippen LogP contribution in [0.25, 0.3) is 0 Å². The normalized spacial score (nSPS) is 12.7. The second-order valence-electron chi connectivity index (χ2n) is 8.81. The molecule has 0 spiro atoms. The Bertz CT molecular complexity index is 1080. The molecule has 1 atom stereocenters. The molecule has 0 fully saturated rings. The van der Waals surface area contributed by atoms with Gasteiger partial charge in [0.15, 0.2) is 0 Å². The first-order valence-electron chi connectivity index (χ1n) is 10.3. The molecule has 2 amide bonds. The van der Waals surface area contributed by atoms with E-state index in [-0.39, 0.29) is 12.2 Å². The molecule has 0 aromatic heterocycles. The van der Waals surface area contributed by atoms with Gasteiger partial charge in [0.2, 0.25) is 21.8 Å². The molecule has 0 saturated heterocycles. The van der Waals surface area contributed by atoms with Crippen molar-refractivity contribution >= 4 is 27.5 Å². The molecule has 180 valence electrons. The lowest BCUT2D eigenvalue weighted by Crippen LogP contribution is -2.54. The minimum Gasteiger partial charge on any atom is -0.350 e. The Morgan fingerprint density at radius 2 is 1.45 bits per heavy atom. The number of sulfonamides is 1. The summed E-state index contributed by atoms with van der Waals surface area (Å²) in [6.45, 7) is 6.28. The van der Waals surface area contributed by atoms with Gasteiger partial charge in [-0.3, -0.25) is 13.9 Å². The molecule has 33 heavy (non-hydrogen) atoms. The largest absolute Gasteiger partial charge is 0.350 e. The van der Waals surface area contributed by atoms with Crippen LogP contribution < -0.4 is 9.62 Å². The van der Waals surface area contributed by atoms with Gasteiger partial charge in [-0.25, -0.2) is 17.2 Å². The number of anilines is 1. The number of hydrogen-bond acceptors (Lipinski definition) is 4. The van der Waals surface area contributed by atoms with Gasteiger partial charge in [-0.1, -0.05) is 12.1 Å². The van der Waals surface area contributed by atoms with Gasteiger partial charge in [-0.2, -0.15) is 0 Å². The predicted molar refractivity (Wildman–Crippen MR) is 123 cm³/mol. The van der Waals surface area contributed by atoms with Crippen LogP contribution in [0.15, 0.2) is 48.5 Å². The van der Waals surface area contributed by atoms with E-state index in [1.807, 2.05) is 0 Å². The monoisotopic (exact) mass is 481 g/mol. The van der Waals surface area contributed by atoms with E-state index in [0.29, 0.717) is 5.56 Å². The van der Waals surface area contributed by atoms with Crippen molar-refractivity contribution in [1.29, 1.82) is 0 Å². The molecule has 0 saturated carbocycles. The van der Waals surface area contributed by atoms with Crippen LogP contribution in [0.2, 0.25) is 0 Å². The van der Waals surface area contributed by atoms with Crippen LogP contribution >= 0.6 is 0 Å². The second-order valence-corrected chi connectivity index (χ2v) is 10.7. The number of nitrogens with one attached hydrogen (secondary N) is 1. The summed E-state index contributed by atoms with van der Waals surface area (Å²) < 4.78 is 52.3. The molecule has 2 aromatic rings.